The minimum atomic E-state index is -0.356. The molecule has 30 heavy (non-hydrogen) atoms. The first-order valence-corrected chi connectivity index (χ1v) is 9.90. The van der Waals surface area contributed by atoms with Crippen LogP contribution in [0, 0.1) is 0 Å². The van der Waals surface area contributed by atoms with Crippen LogP contribution in [0.5, 0.6) is 17.2 Å². The lowest BCUT2D eigenvalue weighted by Crippen LogP contribution is -2.14. The highest BCUT2D eigenvalue weighted by Crippen LogP contribution is 2.40. The van der Waals surface area contributed by atoms with Gasteiger partial charge in [-0.2, -0.15) is 0 Å². The molecule has 5 rings (SSSR count). The number of nitrogens with one attached hydrogen (secondary N) is 1. The van der Waals surface area contributed by atoms with E-state index < -0.39 is 0 Å². The van der Waals surface area contributed by atoms with Crippen LogP contribution in [0.25, 0.3) is 10.9 Å². The zero-order valence-electron chi connectivity index (χ0n) is 16.5. The smallest absolute Gasteiger partial charge is 0.231 e. The number of rotatable bonds is 5. The number of phenols is 1. The number of pyridine rings is 2. The summed E-state index contributed by atoms with van der Waals surface area (Å²) in [5, 5.41) is 15.4. The number of aromatic hydroxyl groups is 1. The SMILES string of the molecule is CCc1ccnc(NC(c2ccc3c(c2)OCO3)c2ccc3cccnc3c2O)c1. The maximum atomic E-state index is 11.1. The number of aromatic nitrogens is 2. The molecule has 0 fully saturated rings. The second-order valence-corrected chi connectivity index (χ2v) is 7.17. The summed E-state index contributed by atoms with van der Waals surface area (Å²) in [6, 6.07) is 17.1. The van der Waals surface area contributed by atoms with Gasteiger partial charge in [0, 0.05) is 23.3 Å². The van der Waals surface area contributed by atoms with Crippen LogP contribution in [-0.2, 0) is 6.42 Å². The number of aryl methyl sites for hydroxylation is 1. The van der Waals surface area contributed by atoms with Crippen molar-refractivity contribution in [3.05, 3.63) is 83.7 Å². The summed E-state index contributed by atoms with van der Waals surface area (Å²) >= 11 is 0. The monoisotopic (exact) mass is 399 g/mol. The topological polar surface area (TPSA) is 76.5 Å². The largest absolute Gasteiger partial charge is 0.505 e. The van der Waals surface area contributed by atoms with Gasteiger partial charge < -0.3 is 19.9 Å². The Labute approximate surface area is 174 Å². The molecule has 2 aromatic carbocycles. The summed E-state index contributed by atoms with van der Waals surface area (Å²) < 4.78 is 11.0. The van der Waals surface area contributed by atoms with Crippen LogP contribution >= 0.6 is 0 Å². The van der Waals surface area contributed by atoms with E-state index in [9.17, 15) is 5.11 Å². The predicted molar refractivity (Wildman–Crippen MR) is 115 cm³/mol. The molecule has 1 aliphatic rings. The summed E-state index contributed by atoms with van der Waals surface area (Å²) in [5.41, 5.74) is 3.39. The standard InChI is InChI=1S/C24H21N3O3/c1-2-15-9-11-25-21(12-15)27-22(17-6-8-19-20(13-17)30-14-29-19)18-7-5-16-4-3-10-26-23(16)24(18)28/h3-13,22,28H,2,14H2,1H3,(H,25,27). The van der Waals surface area contributed by atoms with Crippen molar-refractivity contribution in [1.29, 1.82) is 0 Å². The normalized spacial score (nSPS) is 13.4. The maximum absolute atomic E-state index is 11.1. The minimum absolute atomic E-state index is 0.148. The lowest BCUT2D eigenvalue weighted by molar-refractivity contribution is 0.174. The lowest BCUT2D eigenvalue weighted by atomic mass is 9.95. The zero-order chi connectivity index (χ0) is 20.5. The van der Waals surface area contributed by atoms with Gasteiger partial charge in [0.1, 0.15) is 17.1 Å². The minimum Gasteiger partial charge on any atom is -0.505 e. The molecule has 2 N–H and O–H groups in total. The Bertz CT molecular complexity index is 1230. The molecule has 0 spiro atoms. The fourth-order valence-corrected chi connectivity index (χ4v) is 3.73. The Balaban J connectivity index is 1.63. The summed E-state index contributed by atoms with van der Waals surface area (Å²) in [6.07, 6.45) is 4.39. The number of hydrogen-bond acceptors (Lipinski definition) is 6. The number of benzene rings is 2. The molecule has 6 heteroatoms. The fourth-order valence-electron chi connectivity index (χ4n) is 3.73. The first-order chi connectivity index (χ1) is 14.7. The molecule has 2 aromatic heterocycles. The summed E-state index contributed by atoms with van der Waals surface area (Å²) in [7, 11) is 0. The van der Waals surface area contributed by atoms with Crippen molar-refractivity contribution < 1.29 is 14.6 Å². The van der Waals surface area contributed by atoms with E-state index in [2.05, 4.69) is 22.2 Å². The molecule has 1 aliphatic heterocycles. The van der Waals surface area contributed by atoms with Crippen molar-refractivity contribution in [3.8, 4) is 17.2 Å². The van der Waals surface area contributed by atoms with E-state index >= 15 is 0 Å². The molecular weight excluding hydrogens is 378 g/mol. The van der Waals surface area contributed by atoms with E-state index in [0.717, 1.165) is 23.2 Å². The predicted octanol–water partition coefficient (Wildman–Crippen LogP) is 4.83. The summed E-state index contributed by atoms with van der Waals surface area (Å²) in [4.78, 5) is 8.85. The third-order valence-corrected chi connectivity index (χ3v) is 5.34. The van der Waals surface area contributed by atoms with Gasteiger partial charge in [0.2, 0.25) is 6.79 Å². The lowest BCUT2D eigenvalue weighted by Gasteiger charge is -2.22. The van der Waals surface area contributed by atoms with E-state index in [-0.39, 0.29) is 18.6 Å². The molecular formula is C24H21N3O3. The first-order valence-electron chi connectivity index (χ1n) is 9.90. The van der Waals surface area contributed by atoms with Crippen molar-refractivity contribution >= 4 is 16.7 Å². The van der Waals surface area contributed by atoms with Gasteiger partial charge in [0.15, 0.2) is 11.5 Å². The molecule has 0 saturated carbocycles. The second kappa shape index (κ2) is 7.55. The zero-order valence-corrected chi connectivity index (χ0v) is 16.5. The highest BCUT2D eigenvalue weighted by Gasteiger charge is 2.23. The molecule has 1 atom stereocenters. The Hall–Kier alpha value is -3.80. The molecule has 0 bridgehead atoms. The van der Waals surface area contributed by atoms with E-state index in [0.29, 0.717) is 22.6 Å². The quantitative estimate of drug-likeness (QED) is 0.501. The van der Waals surface area contributed by atoms with Gasteiger partial charge in [-0.25, -0.2) is 4.98 Å². The Morgan fingerprint density at radius 1 is 1.00 bits per heavy atom. The van der Waals surface area contributed by atoms with Crippen molar-refractivity contribution in [1.82, 2.24) is 9.97 Å². The average Bonchev–Trinajstić information content (AvgIpc) is 3.26. The molecule has 0 aliphatic carbocycles. The van der Waals surface area contributed by atoms with Gasteiger partial charge in [-0.05, 0) is 47.9 Å². The Kier molecular flexibility index (Phi) is 4.59. The third kappa shape index (κ3) is 3.26. The molecule has 4 aromatic rings. The van der Waals surface area contributed by atoms with Gasteiger partial charge in [0.05, 0.1) is 6.04 Å². The molecule has 0 radical (unpaired) electrons. The Morgan fingerprint density at radius 2 is 1.90 bits per heavy atom. The van der Waals surface area contributed by atoms with Gasteiger partial charge >= 0.3 is 0 Å². The molecule has 150 valence electrons. The highest BCUT2D eigenvalue weighted by molar-refractivity contribution is 5.86. The van der Waals surface area contributed by atoms with Crippen molar-refractivity contribution in [2.75, 3.05) is 12.1 Å². The number of phenolic OH excluding ortho intramolecular Hbond substituents is 1. The van der Waals surface area contributed by atoms with Crippen molar-refractivity contribution in [2.45, 2.75) is 19.4 Å². The van der Waals surface area contributed by atoms with Gasteiger partial charge in [-0.1, -0.05) is 31.2 Å². The fraction of sp³-hybridized carbons (Fsp3) is 0.167. The summed E-state index contributed by atoms with van der Waals surface area (Å²) in [6.45, 7) is 2.32. The van der Waals surface area contributed by atoms with Crippen LogP contribution in [0.15, 0.2) is 67.0 Å². The van der Waals surface area contributed by atoms with Crippen LogP contribution in [0.2, 0.25) is 0 Å². The van der Waals surface area contributed by atoms with Crippen LogP contribution in [0.3, 0.4) is 0 Å². The molecule has 3 heterocycles. The number of fused-ring (bicyclic) bond motifs is 2. The van der Waals surface area contributed by atoms with Crippen molar-refractivity contribution in [3.63, 3.8) is 0 Å². The molecule has 1 unspecified atom stereocenters. The van der Waals surface area contributed by atoms with E-state index in [4.69, 9.17) is 9.47 Å². The van der Waals surface area contributed by atoms with E-state index in [1.807, 2.05) is 54.6 Å². The number of ether oxygens (including phenoxy) is 2. The van der Waals surface area contributed by atoms with Gasteiger partial charge in [-0.15, -0.1) is 0 Å². The highest BCUT2D eigenvalue weighted by atomic mass is 16.7. The number of anilines is 1. The van der Waals surface area contributed by atoms with E-state index in [1.165, 1.54) is 5.56 Å². The third-order valence-electron chi connectivity index (χ3n) is 5.34. The number of hydrogen-bond donors (Lipinski definition) is 2. The van der Waals surface area contributed by atoms with Crippen LogP contribution in [0.1, 0.15) is 29.7 Å². The van der Waals surface area contributed by atoms with Crippen LogP contribution < -0.4 is 14.8 Å². The molecule has 6 nitrogen and oxygen atoms in total. The van der Waals surface area contributed by atoms with Gasteiger partial charge in [-0.3, -0.25) is 4.98 Å². The Morgan fingerprint density at radius 3 is 2.80 bits per heavy atom. The van der Waals surface area contributed by atoms with Crippen LogP contribution in [0.4, 0.5) is 5.82 Å². The average molecular weight is 399 g/mol. The second-order valence-electron chi connectivity index (χ2n) is 7.17. The van der Waals surface area contributed by atoms with Gasteiger partial charge in [0.25, 0.3) is 0 Å². The first kappa shape index (κ1) is 18.2. The molecule has 0 amide bonds. The van der Waals surface area contributed by atoms with Crippen LogP contribution in [-0.4, -0.2) is 21.9 Å². The molecule has 0 saturated heterocycles. The maximum Gasteiger partial charge on any atom is 0.231 e. The number of nitrogens with zero attached hydrogens (tertiary/aromatic N) is 2. The summed E-state index contributed by atoms with van der Waals surface area (Å²) in [5.74, 6) is 2.29. The van der Waals surface area contributed by atoms with E-state index in [1.54, 1.807) is 12.4 Å². The van der Waals surface area contributed by atoms with Crippen molar-refractivity contribution in [2.24, 2.45) is 0 Å².